The average molecular weight is 572 g/mol. The quantitative estimate of drug-likeness (QED) is 0.369. The van der Waals surface area contributed by atoms with Gasteiger partial charge in [0.05, 0.1) is 31.7 Å². The minimum absolute atomic E-state index is 0.0185. The van der Waals surface area contributed by atoms with Crippen molar-refractivity contribution in [1.82, 2.24) is 14.9 Å². The molecule has 41 heavy (non-hydrogen) atoms. The van der Waals surface area contributed by atoms with Crippen molar-refractivity contribution in [3.05, 3.63) is 82.8 Å². The van der Waals surface area contributed by atoms with Crippen LogP contribution in [0.2, 0.25) is 0 Å². The molecule has 1 spiro atoms. The summed E-state index contributed by atoms with van der Waals surface area (Å²) < 4.78 is 57.6. The van der Waals surface area contributed by atoms with Crippen LogP contribution in [0.4, 0.5) is 13.2 Å². The zero-order valence-corrected chi connectivity index (χ0v) is 22.7. The van der Waals surface area contributed by atoms with Crippen LogP contribution in [0.25, 0.3) is 0 Å². The van der Waals surface area contributed by atoms with E-state index in [2.05, 4.69) is 9.97 Å². The largest absolute Gasteiger partial charge is 0.487 e. The van der Waals surface area contributed by atoms with Gasteiger partial charge in [0.2, 0.25) is 5.88 Å². The zero-order valence-electron chi connectivity index (χ0n) is 22.7. The smallest absolute Gasteiger partial charge is 0.471 e. The summed E-state index contributed by atoms with van der Waals surface area (Å²) in [5.74, 6) is -0.852. The van der Waals surface area contributed by atoms with Crippen LogP contribution in [-0.2, 0) is 35.6 Å². The molecule has 11 heteroatoms. The summed E-state index contributed by atoms with van der Waals surface area (Å²) in [6.45, 7) is 0.231. The minimum atomic E-state index is -5.02. The number of hydrogen-bond acceptors (Lipinski definition) is 7. The normalized spacial score (nSPS) is 17.9. The summed E-state index contributed by atoms with van der Waals surface area (Å²) >= 11 is 0. The Balaban J connectivity index is 1.31. The van der Waals surface area contributed by atoms with Crippen LogP contribution < -0.4 is 9.47 Å². The van der Waals surface area contributed by atoms with E-state index in [0.29, 0.717) is 60.1 Å². The number of halogens is 3. The van der Waals surface area contributed by atoms with Gasteiger partial charge in [0.25, 0.3) is 0 Å². The highest BCUT2D eigenvalue weighted by Gasteiger charge is 2.55. The fourth-order valence-electron chi connectivity index (χ4n) is 5.02. The van der Waals surface area contributed by atoms with Gasteiger partial charge in [-0.15, -0.1) is 0 Å². The molecule has 1 aliphatic heterocycles. The van der Waals surface area contributed by atoms with Crippen molar-refractivity contribution >= 4 is 5.91 Å². The molecule has 3 aromatic rings. The number of aliphatic hydroxyl groups is 1. The van der Waals surface area contributed by atoms with Gasteiger partial charge in [-0.3, -0.25) is 9.78 Å². The maximum absolute atomic E-state index is 13.5. The molecule has 1 N–H and O–H groups in total. The highest BCUT2D eigenvalue weighted by molar-refractivity contribution is 5.82. The summed E-state index contributed by atoms with van der Waals surface area (Å²) in [7, 11) is 1.54. The molecule has 1 aromatic carbocycles. The minimum Gasteiger partial charge on any atom is -0.487 e. The molecule has 1 aliphatic carbocycles. The molecule has 1 unspecified atom stereocenters. The summed E-state index contributed by atoms with van der Waals surface area (Å²) in [5, 5.41) is 9.83. The number of aliphatic hydroxyl groups excluding tert-OH is 1. The molecular formula is C30H32F3N3O5. The van der Waals surface area contributed by atoms with E-state index in [4.69, 9.17) is 14.2 Å². The maximum atomic E-state index is 13.5. The lowest BCUT2D eigenvalue weighted by Crippen LogP contribution is -2.51. The molecule has 1 atom stereocenters. The van der Waals surface area contributed by atoms with E-state index < -0.39 is 30.3 Å². The number of nitrogens with zero attached hydrogens (tertiary/aromatic N) is 3. The highest BCUT2D eigenvalue weighted by Crippen LogP contribution is 2.51. The van der Waals surface area contributed by atoms with Gasteiger partial charge in [-0.05, 0) is 55.9 Å². The first kappa shape index (κ1) is 28.8. The van der Waals surface area contributed by atoms with E-state index in [1.165, 1.54) is 13.2 Å². The van der Waals surface area contributed by atoms with Crippen LogP contribution in [0.15, 0.2) is 54.6 Å². The zero-order chi connectivity index (χ0) is 29.0. The van der Waals surface area contributed by atoms with Crippen molar-refractivity contribution in [3.8, 4) is 11.6 Å². The SMILES string of the molecule is COc1ccc(OCc2ccccc2)c(CCCc2cc(C3OCC4(CC4)CN3C(=O)C(F)(F)F)cc(CO)n2)n1. The summed E-state index contributed by atoms with van der Waals surface area (Å²) in [4.78, 5) is 22.1. The molecule has 2 aromatic heterocycles. The van der Waals surface area contributed by atoms with Crippen LogP contribution in [-0.4, -0.2) is 52.3 Å². The molecule has 2 fully saturated rings. The van der Waals surface area contributed by atoms with Crippen molar-refractivity contribution in [2.75, 3.05) is 20.3 Å². The monoisotopic (exact) mass is 571 g/mol. The Bertz CT molecular complexity index is 1370. The lowest BCUT2D eigenvalue weighted by atomic mass is 10.0. The number of aromatic nitrogens is 2. The van der Waals surface area contributed by atoms with E-state index in [-0.39, 0.29) is 13.2 Å². The van der Waals surface area contributed by atoms with Crippen molar-refractivity contribution in [2.45, 2.75) is 57.7 Å². The summed E-state index contributed by atoms with van der Waals surface area (Å²) in [5.41, 5.74) is 2.53. The van der Waals surface area contributed by atoms with Gasteiger partial charge in [0.15, 0.2) is 6.23 Å². The molecule has 2 aliphatic rings. The molecule has 3 heterocycles. The Morgan fingerprint density at radius 2 is 1.85 bits per heavy atom. The number of carbonyl (C=O) groups excluding carboxylic acids is 1. The van der Waals surface area contributed by atoms with Gasteiger partial charge >= 0.3 is 12.1 Å². The Kier molecular flexibility index (Phi) is 8.46. The maximum Gasteiger partial charge on any atom is 0.471 e. The van der Waals surface area contributed by atoms with Gasteiger partial charge in [-0.1, -0.05) is 30.3 Å². The van der Waals surface area contributed by atoms with E-state index in [9.17, 15) is 23.1 Å². The third kappa shape index (κ3) is 6.97. The van der Waals surface area contributed by atoms with Crippen LogP contribution in [0.5, 0.6) is 11.6 Å². The molecule has 1 saturated heterocycles. The van der Waals surface area contributed by atoms with Crippen molar-refractivity contribution in [2.24, 2.45) is 5.41 Å². The van der Waals surface area contributed by atoms with E-state index in [1.807, 2.05) is 36.4 Å². The van der Waals surface area contributed by atoms with Crippen molar-refractivity contribution in [1.29, 1.82) is 0 Å². The summed E-state index contributed by atoms with van der Waals surface area (Å²) in [6.07, 6.45) is -3.23. The topological polar surface area (TPSA) is 94.0 Å². The van der Waals surface area contributed by atoms with Gasteiger partial charge < -0.3 is 24.2 Å². The van der Waals surface area contributed by atoms with Crippen molar-refractivity contribution in [3.63, 3.8) is 0 Å². The summed E-state index contributed by atoms with van der Waals surface area (Å²) in [6, 6.07) is 16.4. The first-order chi connectivity index (χ1) is 19.7. The van der Waals surface area contributed by atoms with Gasteiger partial charge in [0.1, 0.15) is 12.4 Å². The lowest BCUT2D eigenvalue weighted by Gasteiger charge is -2.40. The van der Waals surface area contributed by atoms with Crippen LogP contribution in [0.1, 0.15) is 53.7 Å². The van der Waals surface area contributed by atoms with Crippen LogP contribution in [0, 0.1) is 5.41 Å². The number of aryl methyl sites for hydroxylation is 2. The predicted octanol–water partition coefficient (Wildman–Crippen LogP) is 4.93. The molecule has 0 radical (unpaired) electrons. The number of amides is 1. The van der Waals surface area contributed by atoms with Crippen LogP contribution in [0.3, 0.4) is 0 Å². The Morgan fingerprint density at radius 1 is 1.10 bits per heavy atom. The molecule has 0 bridgehead atoms. The third-order valence-corrected chi connectivity index (χ3v) is 7.40. The second kappa shape index (κ2) is 12.0. The third-order valence-electron chi connectivity index (χ3n) is 7.40. The number of methoxy groups -OCH3 is 1. The first-order valence-corrected chi connectivity index (χ1v) is 13.5. The highest BCUT2D eigenvalue weighted by atomic mass is 19.4. The number of alkyl halides is 3. The molecule has 1 amide bonds. The molecule has 218 valence electrons. The lowest BCUT2D eigenvalue weighted by molar-refractivity contribution is -0.210. The Labute approximate surface area is 236 Å². The second-order valence-corrected chi connectivity index (χ2v) is 10.6. The molecule has 5 rings (SSSR count). The Morgan fingerprint density at radius 3 is 2.54 bits per heavy atom. The van der Waals surface area contributed by atoms with Gasteiger partial charge in [-0.25, -0.2) is 4.98 Å². The molecule has 8 nitrogen and oxygen atoms in total. The number of ether oxygens (including phenoxy) is 3. The number of hydrogen-bond donors (Lipinski definition) is 1. The first-order valence-electron chi connectivity index (χ1n) is 13.5. The fraction of sp³-hybridized carbons (Fsp3) is 0.433. The van der Waals surface area contributed by atoms with E-state index in [0.717, 1.165) is 23.3 Å². The van der Waals surface area contributed by atoms with Gasteiger partial charge in [0, 0.05) is 29.3 Å². The van der Waals surface area contributed by atoms with Gasteiger partial charge in [-0.2, -0.15) is 13.2 Å². The number of carbonyl (C=O) groups is 1. The Hall–Kier alpha value is -3.70. The second-order valence-electron chi connectivity index (χ2n) is 10.6. The standard InChI is InChI=1S/C30H32F3N3O5/c1-39-26-11-10-25(40-17-20-6-3-2-4-7-20)24(35-26)9-5-8-22-14-21(15-23(16-37)34-22)27-36(28(38)30(31,32)33)18-29(12-13-29)19-41-27/h2-4,6-7,10-11,14-15,27,37H,5,8-9,12-13,16-19H2,1H3. The van der Waals surface area contributed by atoms with E-state index in [1.54, 1.807) is 12.1 Å². The molecular weight excluding hydrogens is 539 g/mol. The fourth-order valence-corrected chi connectivity index (χ4v) is 5.02. The number of rotatable bonds is 10. The van der Waals surface area contributed by atoms with E-state index >= 15 is 0 Å². The average Bonchev–Trinajstić information content (AvgIpc) is 3.73. The molecule has 1 saturated carbocycles. The predicted molar refractivity (Wildman–Crippen MR) is 142 cm³/mol. The number of pyridine rings is 2. The number of benzene rings is 1. The van der Waals surface area contributed by atoms with Crippen molar-refractivity contribution < 1.29 is 37.3 Å². The van der Waals surface area contributed by atoms with Crippen LogP contribution >= 0.6 is 0 Å².